The van der Waals surface area contributed by atoms with Crippen molar-refractivity contribution in [1.82, 2.24) is 0 Å². The van der Waals surface area contributed by atoms with E-state index in [0.717, 1.165) is 67.5 Å². The zero-order chi connectivity index (χ0) is 44.5. The summed E-state index contributed by atoms with van der Waals surface area (Å²) in [4.78, 5) is 0. The fourth-order valence-corrected chi connectivity index (χ4v) is 8.41. The maximum absolute atomic E-state index is 6.86. The first-order chi connectivity index (χ1) is 29.3. The summed E-state index contributed by atoms with van der Waals surface area (Å²) in [5.74, 6) is 3.37. The Balaban J connectivity index is 1.48. The average molecular weight is 849 g/mol. The highest BCUT2D eigenvalue weighted by atomic mass is 16.6. The van der Waals surface area contributed by atoms with Crippen LogP contribution < -0.4 is 18.9 Å². The van der Waals surface area contributed by atoms with Crippen molar-refractivity contribution in [3.8, 4) is 23.0 Å². The van der Waals surface area contributed by atoms with Gasteiger partial charge < -0.3 is 37.9 Å². The third-order valence-corrected chi connectivity index (χ3v) is 12.1. The molecule has 0 spiro atoms. The first kappa shape index (κ1) is 45.9. The summed E-state index contributed by atoms with van der Waals surface area (Å²) in [5, 5.41) is 0. The van der Waals surface area contributed by atoms with E-state index in [4.69, 9.17) is 37.9 Å². The van der Waals surface area contributed by atoms with Crippen molar-refractivity contribution < 1.29 is 37.9 Å². The molecule has 3 aliphatic rings. The molecular weight excluding hydrogens is 777 g/mol. The highest BCUT2D eigenvalue weighted by Crippen LogP contribution is 2.42. The fourth-order valence-electron chi connectivity index (χ4n) is 8.41. The Morgan fingerprint density at radius 2 is 0.484 bits per heavy atom. The molecule has 336 valence electrons. The normalized spacial score (nSPS) is 17.4. The van der Waals surface area contributed by atoms with Gasteiger partial charge in [-0.2, -0.15) is 0 Å². The Morgan fingerprint density at radius 1 is 0.274 bits per heavy atom. The van der Waals surface area contributed by atoms with Crippen LogP contribution in [0.2, 0.25) is 0 Å². The summed E-state index contributed by atoms with van der Waals surface area (Å²) in [6.07, 6.45) is 1.23. The maximum Gasteiger partial charge on any atom is 0.128 e. The number of hydrogen-bond acceptors (Lipinski definition) is 8. The summed E-state index contributed by atoms with van der Waals surface area (Å²) in [6, 6.07) is 18.4. The van der Waals surface area contributed by atoms with Gasteiger partial charge in [-0.1, -0.05) is 107 Å². The second-order valence-corrected chi connectivity index (χ2v) is 21.5. The van der Waals surface area contributed by atoms with Gasteiger partial charge in [-0.05, 0) is 90.4 Å². The minimum absolute atomic E-state index is 0.122. The molecule has 0 saturated heterocycles. The Labute approximate surface area is 371 Å². The predicted octanol–water partition coefficient (Wildman–Crippen LogP) is 11.4. The van der Waals surface area contributed by atoms with Crippen molar-refractivity contribution >= 4 is 0 Å². The highest BCUT2D eigenvalue weighted by molar-refractivity contribution is 5.55. The van der Waals surface area contributed by atoms with Crippen molar-refractivity contribution in [2.45, 2.75) is 144 Å². The molecule has 12 bridgehead atoms. The van der Waals surface area contributed by atoms with Gasteiger partial charge in [-0.25, -0.2) is 0 Å². The van der Waals surface area contributed by atoms with Crippen LogP contribution in [0.25, 0.3) is 0 Å². The minimum Gasteiger partial charge on any atom is -0.491 e. The van der Waals surface area contributed by atoms with Crippen LogP contribution in [0, 0.1) is 0 Å². The van der Waals surface area contributed by atoms with Crippen LogP contribution >= 0.6 is 0 Å². The Morgan fingerprint density at radius 3 is 0.694 bits per heavy atom. The lowest BCUT2D eigenvalue weighted by Crippen LogP contribution is -2.20. The third-order valence-electron chi connectivity index (χ3n) is 12.1. The molecule has 0 aromatic heterocycles. The lowest BCUT2D eigenvalue weighted by molar-refractivity contribution is 0.0669. The van der Waals surface area contributed by atoms with Crippen LogP contribution in [0.3, 0.4) is 0 Å². The molecule has 0 N–H and O–H groups in total. The fraction of sp³-hybridized carbons (Fsp3) is 0.556. The van der Waals surface area contributed by atoms with Crippen molar-refractivity contribution in [2.24, 2.45) is 0 Å². The van der Waals surface area contributed by atoms with Crippen LogP contribution in [-0.2, 0) is 79.9 Å². The van der Waals surface area contributed by atoms with Gasteiger partial charge in [0.25, 0.3) is 0 Å². The van der Waals surface area contributed by atoms with Crippen molar-refractivity contribution in [3.63, 3.8) is 0 Å². The molecule has 0 amide bonds. The van der Waals surface area contributed by atoms with Gasteiger partial charge in [0.15, 0.2) is 0 Å². The zero-order valence-corrected chi connectivity index (χ0v) is 39.8. The SMILES string of the molecule is CC(C)(C)c1cc2c3c(c1)Cc1cc(C(C)(C)C)cc(c1OCCOCCO3)COCc1cc(C(C)(C)C)cc3c1OCCOCCOc1c(cc(C(C)(C)C)cc1C3)COC2. The molecule has 0 fully saturated rings. The average Bonchev–Trinajstić information content (AvgIpc) is 3.16. The third kappa shape index (κ3) is 11.0. The summed E-state index contributed by atoms with van der Waals surface area (Å²) in [5.41, 5.74) is 12.8. The molecule has 3 aliphatic heterocycles. The van der Waals surface area contributed by atoms with Gasteiger partial charge in [0.1, 0.15) is 49.4 Å². The molecule has 4 aromatic rings. The van der Waals surface area contributed by atoms with Gasteiger partial charge in [0.2, 0.25) is 0 Å². The predicted molar refractivity (Wildman–Crippen MR) is 247 cm³/mol. The van der Waals surface area contributed by atoms with E-state index >= 15 is 0 Å². The smallest absolute Gasteiger partial charge is 0.128 e. The van der Waals surface area contributed by atoms with Crippen molar-refractivity contribution in [1.29, 1.82) is 0 Å². The first-order valence-electron chi connectivity index (χ1n) is 22.7. The standard InChI is InChI=1S/C54H72O8/c1-51(2,3)43-23-35-21-36-24-44(52(4,5)6)29-41-33-58-34-42-30-46(54(10,11)12)26-38-22-37-25-45(53(7,8)9)28-40(49(37)61-19-15-56-16-20-62-50(38)42)32-57-31-39(27-43)47(35)59-17-13-55-14-18-60-48(36)41/h23-30H,13-22,31-34H2,1-12H3. The van der Waals surface area contributed by atoms with Crippen LogP contribution in [0.15, 0.2) is 48.5 Å². The second kappa shape index (κ2) is 18.6. The van der Waals surface area contributed by atoms with Crippen molar-refractivity contribution in [3.05, 3.63) is 115 Å². The zero-order valence-electron chi connectivity index (χ0n) is 39.8. The van der Waals surface area contributed by atoms with Gasteiger partial charge >= 0.3 is 0 Å². The first-order valence-corrected chi connectivity index (χ1v) is 22.7. The summed E-state index contributed by atoms with van der Waals surface area (Å²) in [6.45, 7) is 32.0. The van der Waals surface area contributed by atoms with Gasteiger partial charge in [0.05, 0.1) is 52.9 Å². The number of benzene rings is 4. The van der Waals surface area contributed by atoms with Gasteiger partial charge in [-0.15, -0.1) is 0 Å². The number of hydrogen-bond donors (Lipinski definition) is 0. The monoisotopic (exact) mass is 849 g/mol. The van der Waals surface area contributed by atoms with E-state index in [1.165, 1.54) is 22.3 Å². The van der Waals surface area contributed by atoms with Crippen LogP contribution in [0.5, 0.6) is 23.0 Å². The molecular formula is C54H72O8. The lowest BCUT2D eigenvalue weighted by atomic mass is 9.82. The molecule has 0 radical (unpaired) electrons. The molecule has 4 aromatic carbocycles. The molecule has 0 atom stereocenters. The van der Waals surface area contributed by atoms with Crippen LogP contribution in [0.4, 0.5) is 0 Å². The van der Waals surface area contributed by atoms with Crippen molar-refractivity contribution in [2.75, 3.05) is 52.9 Å². The summed E-state index contributed by atoms with van der Waals surface area (Å²) >= 11 is 0. The molecule has 8 heteroatoms. The van der Waals surface area contributed by atoms with E-state index in [9.17, 15) is 0 Å². The Kier molecular flexibility index (Phi) is 13.8. The molecule has 7 rings (SSSR count). The lowest BCUT2D eigenvalue weighted by Gasteiger charge is -2.28. The second-order valence-electron chi connectivity index (χ2n) is 21.5. The van der Waals surface area contributed by atoms with E-state index in [1.807, 2.05) is 0 Å². The van der Waals surface area contributed by atoms with E-state index in [1.54, 1.807) is 0 Å². The highest BCUT2D eigenvalue weighted by Gasteiger charge is 2.28. The topological polar surface area (TPSA) is 73.8 Å². The minimum atomic E-state index is -0.122. The molecule has 0 aliphatic carbocycles. The van der Waals surface area contributed by atoms with E-state index in [-0.39, 0.29) is 21.7 Å². The van der Waals surface area contributed by atoms with Crippen LogP contribution in [-0.4, -0.2) is 52.9 Å². The number of ether oxygens (including phenoxy) is 8. The Hall–Kier alpha value is -4.08. The number of rotatable bonds is 0. The quantitative estimate of drug-likeness (QED) is 0.173. The maximum atomic E-state index is 6.86. The molecule has 8 nitrogen and oxygen atoms in total. The van der Waals surface area contributed by atoms with E-state index in [0.29, 0.717) is 92.1 Å². The molecule has 0 unspecified atom stereocenters. The van der Waals surface area contributed by atoms with Gasteiger partial charge in [0, 0.05) is 35.1 Å². The molecule has 0 saturated carbocycles. The molecule has 3 heterocycles. The van der Waals surface area contributed by atoms with Gasteiger partial charge in [-0.3, -0.25) is 0 Å². The molecule has 62 heavy (non-hydrogen) atoms. The Bertz CT molecular complexity index is 1900. The summed E-state index contributed by atoms with van der Waals surface area (Å²) < 4.78 is 52.9. The van der Waals surface area contributed by atoms with E-state index in [2.05, 4.69) is 132 Å². The van der Waals surface area contributed by atoms with E-state index < -0.39 is 0 Å². The summed E-state index contributed by atoms with van der Waals surface area (Å²) in [7, 11) is 0. The largest absolute Gasteiger partial charge is 0.491 e. The van der Waals surface area contributed by atoms with Crippen LogP contribution in [0.1, 0.15) is 150 Å².